The molecule has 1 fully saturated rings. The van der Waals surface area contributed by atoms with E-state index in [4.69, 9.17) is 11.6 Å². The van der Waals surface area contributed by atoms with Gasteiger partial charge in [-0.15, -0.1) is 0 Å². The predicted molar refractivity (Wildman–Crippen MR) is 169 cm³/mol. The highest BCUT2D eigenvalue weighted by molar-refractivity contribution is 7.92. The van der Waals surface area contributed by atoms with Crippen molar-refractivity contribution in [3.8, 4) is 0 Å². The first-order valence-electron chi connectivity index (χ1n) is 14.8. The van der Waals surface area contributed by atoms with Crippen molar-refractivity contribution in [3.63, 3.8) is 0 Å². The zero-order valence-corrected chi connectivity index (χ0v) is 26.3. The van der Waals surface area contributed by atoms with E-state index in [1.54, 1.807) is 29.2 Å². The van der Waals surface area contributed by atoms with E-state index >= 15 is 0 Å². The summed E-state index contributed by atoms with van der Waals surface area (Å²) in [4.78, 5) is 29.4. The van der Waals surface area contributed by atoms with Crippen LogP contribution in [0.2, 0.25) is 5.02 Å². The van der Waals surface area contributed by atoms with E-state index in [1.807, 2.05) is 30.3 Å². The van der Waals surface area contributed by atoms with Gasteiger partial charge in [-0.05, 0) is 54.7 Å². The lowest BCUT2D eigenvalue weighted by Gasteiger charge is -2.34. The number of halogens is 3. The van der Waals surface area contributed by atoms with Crippen molar-refractivity contribution in [1.82, 2.24) is 10.2 Å². The number of sulfonamides is 1. The van der Waals surface area contributed by atoms with Gasteiger partial charge < -0.3 is 10.2 Å². The van der Waals surface area contributed by atoms with Crippen LogP contribution in [0, 0.1) is 11.6 Å². The zero-order valence-electron chi connectivity index (χ0n) is 24.7. The first kappa shape index (κ1) is 33.4. The molecule has 0 aromatic heterocycles. The normalized spacial score (nSPS) is 14.5. The summed E-state index contributed by atoms with van der Waals surface area (Å²) in [7, 11) is -3.86. The standard InChI is InChI=1S/C33H38ClF2N3O4S/c1-44(42,43)39(28-18-19-29(35)30(36)22-28)20-8-13-32(40)38(23-25-14-16-26(34)17-15-25)31(21-24-9-4-2-5-10-24)33(41)37-27-11-6-3-7-12-27/h2,4-5,9-10,14-19,22,27,31H,3,6-8,11-13,20-21,23H2,1H3,(H,37,41). The summed E-state index contributed by atoms with van der Waals surface area (Å²) in [6, 6.07) is 18.6. The van der Waals surface area contributed by atoms with E-state index in [-0.39, 0.29) is 49.5 Å². The second-order valence-corrected chi connectivity index (χ2v) is 13.6. The minimum absolute atomic E-state index is 0.0364. The van der Waals surface area contributed by atoms with Crippen molar-refractivity contribution in [2.75, 3.05) is 17.1 Å². The molecule has 0 saturated heterocycles. The third kappa shape index (κ3) is 9.50. The lowest BCUT2D eigenvalue weighted by Crippen LogP contribution is -2.52. The molecule has 1 aliphatic rings. The molecule has 44 heavy (non-hydrogen) atoms. The maximum atomic E-state index is 14.0. The van der Waals surface area contributed by atoms with Crippen LogP contribution in [0.3, 0.4) is 0 Å². The van der Waals surface area contributed by atoms with Crippen LogP contribution >= 0.6 is 11.6 Å². The molecule has 236 valence electrons. The fraction of sp³-hybridized carbons (Fsp3) is 0.394. The van der Waals surface area contributed by atoms with Crippen LogP contribution in [0.25, 0.3) is 0 Å². The number of nitrogens with one attached hydrogen (secondary N) is 1. The van der Waals surface area contributed by atoms with Crippen LogP contribution in [0.1, 0.15) is 56.1 Å². The summed E-state index contributed by atoms with van der Waals surface area (Å²) in [5.74, 6) is -2.83. The molecule has 7 nitrogen and oxygen atoms in total. The number of carbonyl (C=O) groups is 2. The van der Waals surface area contributed by atoms with Gasteiger partial charge in [-0.1, -0.05) is 73.3 Å². The van der Waals surface area contributed by atoms with E-state index in [0.717, 1.165) is 65.9 Å². The van der Waals surface area contributed by atoms with Crippen LogP contribution in [0.15, 0.2) is 72.8 Å². The molecule has 0 spiro atoms. The van der Waals surface area contributed by atoms with Crippen molar-refractivity contribution in [2.45, 2.75) is 70.0 Å². The summed E-state index contributed by atoms with van der Waals surface area (Å²) in [6.07, 6.45) is 6.26. The highest BCUT2D eigenvalue weighted by atomic mass is 35.5. The summed E-state index contributed by atoms with van der Waals surface area (Å²) >= 11 is 6.10. The molecule has 1 saturated carbocycles. The molecule has 0 heterocycles. The van der Waals surface area contributed by atoms with Crippen molar-refractivity contribution in [3.05, 3.63) is 101 Å². The topological polar surface area (TPSA) is 86.8 Å². The van der Waals surface area contributed by atoms with Crippen LogP contribution < -0.4 is 9.62 Å². The Labute approximate surface area is 263 Å². The van der Waals surface area contributed by atoms with Crippen molar-refractivity contribution in [2.24, 2.45) is 0 Å². The van der Waals surface area contributed by atoms with Gasteiger partial charge in [0.15, 0.2) is 11.6 Å². The largest absolute Gasteiger partial charge is 0.352 e. The van der Waals surface area contributed by atoms with Crippen LogP contribution in [0.5, 0.6) is 0 Å². The quantitative estimate of drug-likeness (QED) is 0.238. The van der Waals surface area contributed by atoms with Gasteiger partial charge in [0, 0.05) is 43.1 Å². The van der Waals surface area contributed by atoms with E-state index in [2.05, 4.69) is 5.32 Å². The highest BCUT2D eigenvalue weighted by Gasteiger charge is 2.32. The van der Waals surface area contributed by atoms with Crippen LogP contribution in [0.4, 0.5) is 14.5 Å². The highest BCUT2D eigenvalue weighted by Crippen LogP contribution is 2.23. The Morgan fingerprint density at radius 3 is 2.25 bits per heavy atom. The third-order valence-electron chi connectivity index (χ3n) is 7.83. The molecular weight excluding hydrogens is 608 g/mol. The summed E-state index contributed by atoms with van der Waals surface area (Å²) in [5.41, 5.74) is 1.64. The number of benzene rings is 3. The Kier molecular flexibility index (Phi) is 11.7. The van der Waals surface area contributed by atoms with E-state index < -0.39 is 27.7 Å². The Hall–Kier alpha value is -3.50. The Morgan fingerprint density at radius 1 is 0.932 bits per heavy atom. The number of amides is 2. The number of nitrogens with zero attached hydrogens (tertiary/aromatic N) is 2. The minimum atomic E-state index is -3.86. The van der Waals surface area contributed by atoms with Gasteiger partial charge >= 0.3 is 0 Å². The molecular formula is C33H38ClF2N3O4S. The molecule has 3 aromatic carbocycles. The molecule has 11 heteroatoms. The smallest absolute Gasteiger partial charge is 0.243 e. The summed E-state index contributed by atoms with van der Waals surface area (Å²) < 4.78 is 53.5. The lowest BCUT2D eigenvalue weighted by atomic mass is 9.94. The molecule has 1 unspecified atom stereocenters. The van der Waals surface area contributed by atoms with E-state index in [1.165, 1.54) is 6.07 Å². The number of hydrogen-bond acceptors (Lipinski definition) is 4. The van der Waals surface area contributed by atoms with Crippen LogP contribution in [-0.4, -0.2) is 50.0 Å². The molecule has 2 amide bonds. The van der Waals surface area contributed by atoms with Gasteiger partial charge in [-0.25, -0.2) is 17.2 Å². The number of anilines is 1. The summed E-state index contributed by atoms with van der Waals surface area (Å²) in [5, 5.41) is 3.73. The first-order chi connectivity index (χ1) is 21.0. The van der Waals surface area contributed by atoms with Gasteiger partial charge in [0.05, 0.1) is 11.9 Å². The van der Waals surface area contributed by atoms with Gasteiger partial charge in [0.2, 0.25) is 21.8 Å². The second-order valence-electron chi connectivity index (χ2n) is 11.2. The molecule has 0 bridgehead atoms. The van der Waals surface area contributed by atoms with Gasteiger partial charge in [-0.2, -0.15) is 0 Å². The second kappa shape index (κ2) is 15.5. The van der Waals surface area contributed by atoms with Gasteiger partial charge in [0.1, 0.15) is 6.04 Å². The Bertz CT molecular complexity index is 1520. The van der Waals surface area contributed by atoms with Crippen molar-refractivity contribution in [1.29, 1.82) is 0 Å². The fourth-order valence-corrected chi connectivity index (χ4v) is 6.61. The Balaban J connectivity index is 1.59. The minimum Gasteiger partial charge on any atom is -0.352 e. The van der Waals surface area contributed by atoms with Crippen molar-refractivity contribution >= 4 is 39.1 Å². The van der Waals surface area contributed by atoms with Gasteiger partial charge in [0.25, 0.3) is 0 Å². The molecule has 0 aliphatic heterocycles. The third-order valence-corrected chi connectivity index (χ3v) is 9.28. The summed E-state index contributed by atoms with van der Waals surface area (Å²) in [6.45, 7) is 0.00655. The number of hydrogen-bond donors (Lipinski definition) is 1. The molecule has 1 N–H and O–H groups in total. The van der Waals surface area contributed by atoms with E-state index in [0.29, 0.717) is 11.4 Å². The number of carbonyl (C=O) groups excluding carboxylic acids is 2. The molecule has 1 atom stereocenters. The van der Waals surface area contributed by atoms with Crippen molar-refractivity contribution < 1.29 is 26.8 Å². The zero-order chi connectivity index (χ0) is 31.7. The maximum absolute atomic E-state index is 14.0. The monoisotopic (exact) mass is 645 g/mol. The molecule has 1 aliphatic carbocycles. The predicted octanol–water partition coefficient (Wildman–Crippen LogP) is 6.25. The van der Waals surface area contributed by atoms with Crippen LogP contribution in [-0.2, 0) is 32.6 Å². The fourth-order valence-electron chi connectivity index (χ4n) is 5.53. The van der Waals surface area contributed by atoms with Gasteiger partial charge in [-0.3, -0.25) is 13.9 Å². The molecule has 0 radical (unpaired) electrons. The Morgan fingerprint density at radius 2 is 1.61 bits per heavy atom. The maximum Gasteiger partial charge on any atom is 0.243 e. The average molecular weight is 646 g/mol. The average Bonchev–Trinajstić information content (AvgIpc) is 3.00. The lowest BCUT2D eigenvalue weighted by molar-refractivity contribution is -0.141. The van der Waals surface area contributed by atoms with E-state index in [9.17, 15) is 26.8 Å². The molecule has 3 aromatic rings. The SMILES string of the molecule is CS(=O)(=O)N(CCCC(=O)N(Cc1ccc(Cl)cc1)C(Cc1ccccc1)C(=O)NC1CCCCC1)c1ccc(F)c(F)c1. The first-order valence-corrected chi connectivity index (χ1v) is 17.0. The molecule has 4 rings (SSSR count). The number of rotatable bonds is 13.